The average molecular weight is 362 g/mol. The van der Waals surface area contributed by atoms with E-state index in [0.717, 1.165) is 5.56 Å². The first kappa shape index (κ1) is 17.6. The highest BCUT2D eigenvalue weighted by Gasteiger charge is 2.05. The summed E-state index contributed by atoms with van der Waals surface area (Å²) in [6, 6.07) is 12.7. The summed E-state index contributed by atoms with van der Waals surface area (Å²) in [7, 11) is 0. The van der Waals surface area contributed by atoms with Crippen molar-refractivity contribution in [2.75, 3.05) is 5.32 Å². The summed E-state index contributed by atoms with van der Waals surface area (Å²) in [5.74, 6) is -0.399. The van der Waals surface area contributed by atoms with Gasteiger partial charge in [0.25, 0.3) is 5.69 Å². The van der Waals surface area contributed by atoms with Gasteiger partial charge in [0.1, 0.15) is 0 Å². The van der Waals surface area contributed by atoms with Gasteiger partial charge < -0.3 is 5.32 Å². The second-order valence-corrected chi connectivity index (χ2v) is 5.48. The molecule has 24 heavy (non-hydrogen) atoms. The Labute approximate surface area is 148 Å². The maximum Gasteiger partial charge on any atom is 0.269 e. The first-order valence-electron chi connectivity index (χ1n) is 6.74. The van der Waals surface area contributed by atoms with Crippen LogP contribution in [-0.2, 0) is 4.79 Å². The van der Waals surface area contributed by atoms with E-state index in [1.165, 1.54) is 30.3 Å². The number of nitrogens with zero attached hydrogens (tertiary/aromatic N) is 1. The Hall–Kier alpha value is -2.77. The van der Waals surface area contributed by atoms with Gasteiger partial charge in [-0.15, -0.1) is 0 Å². The summed E-state index contributed by atoms with van der Waals surface area (Å²) < 4.78 is 0. The number of non-ortho nitro benzene ring substituents is 1. The molecule has 0 atom stereocenters. The van der Waals surface area contributed by atoms with Crippen LogP contribution in [0.4, 0.5) is 11.4 Å². The second-order valence-electron chi connectivity index (χ2n) is 4.63. The second kappa shape index (κ2) is 8.19. The number of carbonyl (C=O) groups is 1. The first-order chi connectivity index (χ1) is 11.4. The average Bonchev–Trinajstić information content (AvgIpc) is 2.54. The largest absolute Gasteiger partial charge is 0.332 e. The molecule has 0 aromatic heterocycles. The summed E-state index contributed by atoms with van der Waals surface area (Å²) in [6.45, 7) is 0. The van der Waals surface area contributed by atoms with Crippen LogP contribution in [0.2, 0.25) is 5.02 Å². The van der Waals surface area contributed by atoms with Crippen molar-refractivity contribution in [1.82, 2.24) is 5.32 Å². The number of thiocarbonyl (C=S) groups is 1. The molecule has 0 unspecified atom stereocenters. The lowest BCUT2D eigenvalue weighted by molar-refractivity contribution is -0.384. The fourth-order valence-corrected chi connectivity index (χ4v) is 2.07. The minimum atomic E-state index is -0.495. The summed E-state index contributed by atoms with van der Waals surface area (Å²) in [5, 5.41) is 16.5. The molecule has 0 heterocycles. The number of nitro benzene ring substituents is 1. The van der Waals surface area contributed by atoms with Gasteiger partial charge in [0, 0.05) is 28.9 Å². The van der Waals surface area contributed by atoms with Crippen LogP contribution in [0, 0.1) is 10.1 Å². The van der Waals surface area contributed by atoms with E-state index < -0.39 is 10.8 Å². The van der Waals surface area contributed by atoms with Gasteiger partial charge in [-0.25, -0.2) is 0 Å². The van der Waals surface area contributed by atoms with Crippen LogP contribution in [0.15, 0.2) is 54.6 Å². The maximum atomic E-state index is 11.8. The predicted molar refractivity (Wildman–Crippen MR) is 97.9 cm³/mol. The molecule has 0 aliphatic carbocycles. The zero-order valence-corrected chi connectivity index (χ0v) is 13.8. The minimum Gasteiger partial charge on any atom is -0.332 e. The SMILES string of the molecule is O=C(/C=C/c1ccc(Cl)cc1)NC(=S)Nc1ccc([N+](=O)[O-])cc1. The van der Waals surface area contributed by atoms with E-state index in [1.54, 1.807) is 30.3 Å². The number of hydrogen-bond acceptors (Lipinski definition) is 4. The lowest BCUT2D eigenvalue weighted by Crippen LogP contribution is -2.32. The molecular formula is C16H12ClN3O3S. The molecule has 8 heteroatoms. The van der Waals surface area contributed by atoms with Crippen LogP contribution in [0.1, 0.15) is 5.56 Å². The summed E-state index contributed by atoms with van der Waals surface area (Å²) in [6.07, 6.45) is 2.97. The van der Waals surface area contributed by atoms with Gasteiger partial charge in [-0.1, -0.05) is 23.7 Å². The van der Waals surface area contributed by atoms with Crippen LogP contribution in [0.5, 0.6) is 0 Å². The number of carbonyl (C=O) groups excluding carboxylic acids is 1. The van der Waals surface area contributed by atoms with E-state index >= 15 is 0 Å². The van der Waals surface area contributed by atoms with E-state index in [0.29, 0.717) is 10.7 Å². The zero-order chi connectivity index (χ0) is 17.5. The predicted octanol–water partition coefficient (Wildman–Crippen LogP) is 3.77. The van der Waals surface area contributed by atoms with Crippen LogP contribution in [-0.4, -0.2) is 15.9 Å². The number of rotatable bonds is 4. The molecule has 2 N–H and O–H groups in total. The highest BCUT2D eigenvalue weighted by molar-refractivity contribution is 7.80. The molecule has 0 saturated carbocycles. The summed E-state index contributed by atoms with van der Waals surface area (Å²) in [4.78, 5) is 21.9. The maximum absolute atomic E-state index is 11.8. The molecule has 0 aliphatic heterocycles. The van der Waals surface area contributed by atoms with E-state index in [9.17, 15) is 14.9 Å². The van der Waals surface area contributed by atoms with Crippen LogP contribution < -0.4 is 10.6 Å². The highest BCUT2D eigenvalue weighted by Crippen LogP contribution is 2.15. The molecule has 0 fully saturated rings. The Morgan fingerprint density at radius 3 is 2.33 bits per heavy atom. The molecule has 2 aromatic rings. The fourth-order valence-electron chi connectivity index (χ4n) is 1.73. The zero-order valence-electron chi connectivity index (χ0n) is 12.2. The number of nitrogens with one attached hydrogen (secondary N) is 2. The molecule has 0 bridgehead atoms. The standard InChI is InChI=1S/C16H12ClN3O3S/c17-12-4-1-11(2-5-12)3-10-15(21)19-16(24)18-13-6-8-14(9-7-13)20(22)23/h1-10H,(H2,18,19,21,24)/b10-3+. The molecule has 6 nitrogen and oxygen atoms in total. The molecular weight excluding hydrogens is 350 g/mol. The van der Waals surface area contributed by atoms with E-state index in [2.05, 4.69) is 10.6 Å². The van der Waals surface area contributed by atoms with Crippen molar-refractivity contribution in [1.29, 1.82) is 0 Å². The Morgan fingerprint density at radius 1 is 1.12 bits per heavy atom. The lowest BCUT2D eigenvalue weighted by Gasteiger charge is -2.07. The number of benzene rings is 2. The molecule has 122 valence electrons. The van der Waals surface area contributed by atoms with E-state index in [-0.39, 0.29) is 10.8 Å². The van der Waals surface area contributed by atoms with Crippen molar-refractivity contribution in [3.05, 3.63) is 75.3 Å². The van der Waals surface area contributed by atoms with Gasteiger partial charge in [-0.05, 0) is 48.1 Å². The highest BCUT2D eigenvalue weighted by atomic mass is 35.5. The molecule has 0 spiro atoms. The number of nitro groups is 1. The Morgan fingerprint density at radius 2 is 1.75 bits per heavy atom. The summed E-state index contributed by atoms with van der Waals surface area (Å²) in [5.41, 5.74) is 1.33. The quantitative estimate of drug-likeness (QED) is 0.375. The third-order valence-corrected chi connectivity index (χ3v) is 3.33. The van der Waals surface area contributed by atoms with Crippen LogP contribution in [0.3, 0.4) is 0 Å². The van der Waals surface area contributed by atoms with Crippen molar-refractivity contribution >= 4 is 52.3 Å². The van der Waals surface area contributed by atoms with Crippen LogP contribution in [0.25, 0.3) is 6.08 Å². The monoisotopic (exact) mass is 361 g/mol. The molecule has 1 amide bonds. The third kappa shape index (κ3) is 5.45. The van der Waals surface area contributed by atoms with Gasteiger partial charge in [0.05, 0.1) is 4.92 Å². The van der Waals surface area contributed by atoms with E-state index in [4.69, 9.17) is 23.8 Å². The topological polar surface area (TPSA) is 84.3 Å². The number of amides is 1. The molecule has 0 saturated heterocycles. The molecule has 2 aromatic carbocycles. The number of halogens is 1. The Kier molecular flexibility index (Phi) is 6.00. The number of hydrogen-bond donors (Lipinski definition) is 2. The fraction of sp³-hybridized carbons (Fsp3) is 0. The lowest BCUT2D eigenvalue weighted by atomic mass is 10.2. The first-order valence-corrected chi connectivity index (χ1v) is 7.53. The van der Waals surface area contributed by atoms with Gasteiger partial charge in [0.2, 0.25) is 5.91 Å². The van der Waals surface area contributed by atoms with E-state index in [1.807, 2.05) is 0 Å². The molecule has 0 radical (unpaired) electrons. The van der Waals surface area contributed by atoms with Crippen molar-refractivity contribution in [2.24, 2.45) is 0 Å². The van der Waals surface area contributed by atoms with Crippen LogP contribution >= 0.6 is 23.8 Å². The van der Waals surface area contributed by atoms with Crippen molar-refractivity contribution in [3.8, 4) is 0 Å². The van der Waals surface area contributed by atoms with Gasteiger partial charge in [-0.2, -0.15) is 0 Å². The molecule has 0 aliphatic rings. The Balaban J connectivity index is 1.88. The van der Waals surface area contributed by atoms with Gasteiger partial charge in [0.15, 0.2) is 5.11 Å². The molecule has 2 rings (SSSR count). The summed E-state index contributed by atoms with van der Waals surface area (Å²) >= 11 is 10.8. The smallest absolute Gasteiger partial charge is 0.269 e. The van der Waals surface area contributed by atoms with Crippen molar-refractivity contribution < 1.29 is 9.72 Å². The van der Waals surface area contributed by atoms with Gasteiger partial charge in [-0.3, -0.25) is 20.2 Å². The van der Waals surface area contributed by atoms with Crippen molar-refractivity contribution in [3.63, 3.8) is 0 Å². The Bertz CT molecular complexity index is 789. The van der Waals surface area contributed by atoms with Gasteiger partial charge >= 0.3 is 0 Å². The number of anilines is 1. The van der Waals surface area contributed by atoms with Crippen molar-refractivity contribution in [2.45, 2.75) is 0 Å². The third-order valence-electron chi connectivity index (χ3n) is 2.87. The normalized spacial score (nSPS) is 10.4. The minimum absolute atomic E-state index is 0.0265.